The number of esters is 1. The van der Waals surface area contributed by atoms with E-state index in [2.05, 4.69) is 9.97 Å². The lowest BCUT2D eigenvalue weighted by molar-refractivity contribution is -0.140. The number of hydrogen-bond donors (Lipinski definition) is 0. The summed E-state index contributed by atoms with van der Waals surface area (Å²) in [5.41, 5.74) is 1.86. The van der Waals surface area contributed by atoms with Crippen molar-refractivity contribution in [2.45, 2.75) is 29.7 Å². The zero-order valence-corrected chi connectivity index (χ0v) is 14.4. The Morgan fingerprint density at radius 3 is 2.79 bits per heavy atom. The maximum Gasteiger partial charge on any atom is 0.319 e. The predicted octanol–water partition coefficient (Wildman–Crippen LogP) is 4.29. The Morgan fingerprint density at radius 1 is 1.29 bits per heavy atom. The van der Waals surface area contributed by atoms with Crippen LogP contribution in [0.2, 0.25) is 0 Å². The number of thioether (sulfide) groups is 1. The Bertz CT molecular complexity index is 911. The summed E-state index contributed by atoms with van der Waals surface area (Å²) in [6.07, 6.45) is 2.12. The number of thiophene rings is 1. The van der Waals surface area contributed by atoms with Crippen LogP contribution in [0.3, 0.4) is 0 Å². The van der Waals surface area contributed by atoms with Crippen LogP contribution in [-0.2, 0) is 9.53 Å². The molecule has 4 nitrogen and oxygen atoms in total. The number of ether oxygens (including phenoxy) is 1. The molecule has 0 aliphatic carbocycles. The monoisotopic (exact) mass is 360 g/mol. The van der Waals surface area contributed by atoms with Gasteiger partial charge >= 0.3 is 5.97 Å². The fourth-order valence-corrected chi connectivity index (χ4v) is 4.93. The Kier molecular flexibility index (Phi) is 3.97. The molecule has 0 spiro atoms. The third-order valence-corrected chi connectivity index (χ3v) is 5.96. The van der Waals surface area contributed by atoms with Gasteiger partial charge in [-0.3, -0.25) is 4.79 Å². The van der Waals surface area contributed by atoms with Gasteiger partial charge in [-0.05, 0) is 24.6 Å². The first-order valence-corrected chi connectivity index (χ1v) is 9.23. The van der Waals surface area contributed by atoms with Gasteiger partial charge in [0, 0.05) is 17.4 Å². The standard InChI is InChI=1S/C17H13FN2O2S2/c1-9-6-13(17(21)22-9)24-16-14-12(7-23-15(14)19-8-20-16)10-2-4-11(18)5-3-10/h2-5,7-9,13H,6H2,1H3/t9-,13+/m0/s1. The van der Waals surface area contributed by atoms with Crippen LogP contribution in [0, 0.1) is 5.82 Å². The van der Waals surface area contributed by atoms with Crippen LogP contribution in [-0.4, -0.2) is 27.3 Å². The molecule has 2 aromatic heterocycles. The van der Waals surface area contributed by atoms with E-state index in [4.69, 9.17) is 4.74 Å². The zero-order chi connectivity index (χ0) is 16.7. The third-order valence-electron chi connectivity index (χ3n) is 3.87. The van der Waals surface area contributed by atoms with Crippen molar-refractivity contribution in [2.24, 2.45) is 0 Å². The third kappa shape index (κ3) is 2.78. The molecule has 0 amide bonds. The van der Waals surface area contributed by atoms with Crippen molar-refractivity contribution in [2.75, 3.05) is 0 Å². The maximum atomic E-state index is 13.2. The van der Waals surface area contributed by atoms with Gasteiger partial charge in [0.2, 0.25) is 0 Å². The molecule has 1 aliphatic heterocycles. The van der Waals surface area contributed by atoms with E-state index < -0.39 is 0 Å². The first kappa shape index (κ1) is 15.5. The van der Waals surface area contributed by atoms with Crippen molar-refractivity contribution in [3.8, 4) is 11.1 Å². The van der Waals surface area contributed by atoms with Crippen LogP contribution < -0.4 is 0 Å². The highest BCUT2D eigenvalue weighted by Gasteiger charge is 2.33. The van der Waals surface area contributed by atoms with Crippen molar-refractivity contribution < 1.29 is 13.9 Å². The first-order valence-electron chi connectivity index (χ1n) is 7.47. The number of aromatic nitrogens is 2. The average molecular weight is 360 g/mol. The number of hydrogen-bond acceptors (Lipinski definition) is 6. The first-order chi connectivity index (χ1) is 11.6. The van der Waals surface area contributed by atoms with Gasteiger partial charge in [0.1, 0.15) is 33.4 Å². The lowest BCUT2D eigenvalue weighted by atomic mass is 10.1. The van der Waals surface area contributed by atoms with E-state index in [1.165, 1.54) is 41.6 Å². The summed E-state index contributed by atoms with van der Waals surface area (Å²) in [5.74, 6) is -0.468. The Labute approximate surface area is 146 Å². The molecule has 0 bridgehead atoms. The number of nitrogens with zero attached hydrogens (tertiary/aromatic N) is 2. The molecule has 0 unspecified atom stereocenters. The molecular formula is C17H13FN2O2S2. The van der Waals surface area contributed by atoms with Gasteiger partial charge in [0.15, 0.2) is 0 Å². The van der Waals surface area contributed by atoms with Crippen molar-refractivity contribution in [1.82, 2.24) is 9.97 Å². The van der Waals surface area contributed by atoms with Gasteiger partial charge in [-0.1, -0.05) is 23.9 Å². The van der Waals surface area contributed by atoms with Crippen LogP contribution in [0.5, 0.6) is 0 Å². The summed E-state index contributed by atoms with van der Waals surface area (Å²) in [5, 5.41) is 3.41. The summed E-state index contributed by atoms with van der Waals surface area (Å²) < 4.78 is 18.4. The van der Waals surface area contributed by atoms with Gasteiger partial charge in [0.05, 0.1) is 5.39 Å². The number of fused-ring (bicyclic) bond motifs is 1. The molecule has 24 heavy (non-hydrogen) atoms. The van der Waals surface area contributed by atoms with Gasteiger partial charge in [-0.2, -0.15) is 0 Å². The topological polar surface area (TPSA) is 52.1 Å². The molecule has 3 heterocycles. The van der Waals surface area contributed by atoms with Gasteiger partial charge < -0.3 is 4.74 Å². The summed E-state index contributed by atoms with van der Waals surface area (Å²) in [7, 11) is 0. The number of halogens is 1. The summed E-state index contributed by atoms with van der Waals surface area (Å²) >= 11 is 2.93. The molecule has 0 radical (unpaired) electrons. The number of rotatable bonds is 3. The highest BCUT2D eigenvalue weighted by molar-refractivity contribution is 8.00. The number of benzene rings is 1. The molecule has 2 atom stereocenters. The quantitative estimate of drug-likeness (QED) is 0.515. The smallest absolute Gasteiger partial charge is 0.319 e. The summed E-state index contributed by atoms with van der Waals surface area (Å²) in [6.45, 7) is 1.89. The molecule has 0 N–H and O–H groups in total. The molecule has 0 saturated carbocycles. The van der Waals surface area contributed by atoms with Crippen molar-refractivity contribution in [3.05, 3.63) is 41.8 Å². The summed E-state index contributed by atoms with van der Waals surface area (Å²) in [4.78, 5) is 21.5. The van der Waals surface area contributed by atoms with Crippen LogP contribution in [0.4, 0.5) is 4.39 Å². The average Bonchev–Trinajstić information content (AvgIpc) is 3.12. The maximum absolute atomic E-state index is 13.2. The van der Waals surface area contributed by atoms with Crippen molar-refractivity contribution in [3.63, 3.8) is 0 Å². The minimum absolute atomic E-state index is 0.0635. The van der Waals surface area contributed by atoms with E-state index in [0.29, 0.717) is 6.42 Å². The molecule has 1 saturated heterocycles. The zero-order valence-electron chi connectivity index (χ0n) is 12.7. The van der Waals surface area contributed by atoms with Gasteiger partial charge in [0.25, 0.3) is 0 Å². The van der Waals surface area contributed by atoms with Crippen LogP contribution in [0.25, 0.3) is 21.3 Å². The predicted molar refractivity (Wildman–Crippen MR) is 92.6 cm³/mol. The van der Waals surface area contributed by atoms with Crippen molar-refractivity contribution in [1.29, 1.82) is 0 Å². The molecule has 1 aromatic carbocycles. The largest absolute Gasteiger partial charge is 0.462 e. The normalized spacial score (nSPS) is 20.5. The molecule has 7 heteroatoms. The molecule has 4 rings (SSSR count). The second-order valence-electron chi connectivity index (χ2n) is 5.60. The van der Waals surface area contributed by atoms with Crippen molar-refractivity contribution >= 4 is 39.3 Å². The number of carbonyl (C=O) groups is 1. The minimum atomic E-state index is -0.271. The Hall–Kier alpha value is -1.99. The molecule has 3 aromatic rings. The fraction of sp³-hybridized carbons (Fsp3) is 0.235. The van der Waals surface area contributed by atoms with E-state index in [0.717, 1.165) is 26.4 Å². The molecule has 122 valence electrons. The number of carbonyl (C=O) groups excluding carboxylic acids is 1. The van der Waals surface area contributed by atoms with Gasteiger partial charge in [-0.15, -0.1) is 11.3 Å². The molecular weight excluding hydrogens is 347 g/mol. The second-order valence-corrected chi connectivity index (χ2v) is 7.65. The van der Waals surface area contributed by atoms with E-state index >= 15 is 0 Å². The van der Waals surface area contributed by atoms with Crippen LogP contribution in [0.15, 0.2) is 41.0 Å². The van der Waals surface area contributed by atoms with Gasteiger partial charge in [-0.25, -0.2) is 14.4 Å². The fourth-order valence-electron chi connectivity index (χ4n) is 2.73. The van der Waals surface area contributed by atoms with E-state index in [9.17, 15) is 9.18 Å². The van der Waals surface area contributed by atoms with E-state index in [1.807, 2.05) is 12.3 Å². The molecule has 1 fully saturated rings. The lowest BCUT2D eigenvalue weighted by Gasteiger charge is -2.07. The summed E-state index contributed by atoms with van der Waals surface area (Å²) in [6, 6.07) is 6.35. The lowest BCUT2D eigenvalue weighted by Crippen LogP contribution is -2.09. The Morgan fingerprint density at radius 2 is 2.08 bits per heavy atom. The highest BCUT2D eigenvalue weighted by Crippen LogP contribution is 2.40. The van der Waals surface area contributed by atoms with Crippen LogP contribution in [0.1, 0.15) is 13.3 Å². The van der Waals surface area contributed by atoms with E-state index in [-0.39, 0.29) is 23.1 Å². The molecule has 1 aliphatic rings. The van der Waals surface area contributed by atoms with Crippen LogP contribution >= 0.6 is 23.1 Å². The SMILES string of the molecule is C[C@H]1C[C@@H](Sc2ncnc3scc(-c4ccc(F)cc4)c23)C(=O)O1. The highest BCUT2D eigenvalue weighted by atomic mass is 32.2. The van der Waals surface area contributed by atoms with E-state index in [1.54, 1.807) is 12.1 Å². The Balaban J connectivity index is 1.77. The second kappa shape index (κ2) is 6.14. The number of cyclic esters (lactones) is 1. The minimum Gasteiger partial charge on any atom is -0.462 e.